The first kappa shape index (κ1) is 7.26. The van der Waals surface area contributed by atoms with Crippen molar-refractivity contribution in [3.05, 3.63) is 5.21 Å². The van der Waals surface area contributed by atoms with Crippen molar-refractivity contribution in [2.75, 3.05) is 7.05 Å². The predicted octanol–water partition coefficient (Wildman–Crippen LogP) is -1.43. The molecule has 0 heterocycles. The maximum absolute atomic E-state index is 10.1. The van der Waals surface area contributed by atoms with Gasteiger partial charge >= 0.3 is 0 Å². The minimum absolute atomic E-state index is 0.426. The molecule has 0 rings (SSSR count). The standard InChI is InChI=1S/C4H8N2O2/c1-3(7)4(5)6(2)8/h5-6H,1-2H3. The van der Waals surface area contributed by atoms with Gasteiger partial charge in [-0.3, -0.25) is 4.79 Å². The van der Waals surface area contributed by atoms with Gasteiger partial charge in [0.2, 0.25) is 5.78 Å². The van der Waals surface area contributed by atoms with Crippen molar-refractivity contribution in [1.29, 1.82) is 5.41 Å². The Morgan fingerprint density at radius 1 is 1.75 bits per heavy atom. The number of nitrogens with one attached hydrogen (secondary N) is 2. The lowest BCUT2D eigenvalue weighted by Crippen LogP contribution is -3.07. The Morgan fingerprint density at radius 2 is 2.12 bits per heavy atom. The minimum Gasteiger partial charge on any atom is -0.628 e. The smallest absolute Gasteiger partial charge is 0.262 e. The van der Waals surface area contributed by atoms with Crippen molar-refractivity contribution in [3.63, 3.8) is 0 Å². The highest BCUT2D eigenvalue weighted by molar-refractivity contribution is 6.32. The molecule has 0 amide bonds. The van der Waals surface area contributed by atoms with Gasteiger partial charge in [-0.15, -0.1) is 0 Å². The van der Waals surface area contributed by atoms with E-state index in [0.717, 1.165) is 0 Å². The zero-order chi connectivity index (χ0) is 6.73. The lowest BCUT2D eigenvalue weighted by molar-refractivity contribution is -0.720. The largest absolute Gasteiger partial charge is 0.628 e. The van der Waals surface area contributed by atoms with Crippen molar-refractivity contribution in [2.24, 2.45) is 0 Å². The Kier molecular flexibility index (Phi) is 2.30. The molecule has 0 aromatic rings. The van der Waals surface area contributed by atoms with Crippen LogP contribution >= 0.6 is 0 Å². The average Bonchev–Trinajstić information content (AvgIpc) is 1.64. The fraction of sp³-hybridized carbons (Fsp3) is 0.500. The molecule has 0 aromatic heterocycles. The molecule has 0 saturated heterocycles. The van der Waals surface area contributed by atoms with Crippen molar-refractivity contribution >= 4 is 11.6 Å². The van der Waals surface area contributed by atoms with Crippen LogP contribution in [0.3, 0.4) is 0 Å². The zero-order valence-corrected chi connectivity index (χ0v) is 4.82. The molecular formula is C4H8N2O2. The topological polar surface area (TPSA) is 68.4 Å². The number of ketones is 1. The zero-order valence-electron chi connectivity index (χ0n) is 4.82. The van der Waals surface area contributed by atoms with E-state index in [1.54, 1.807) is 0 Å². The molecule has 0 spiro atoms. The number of Topliss-reactive ketones (excluding diaryl/α,β-unsaturated/α-hetero) is 1. The second-order valence-electron chi connectivity index (χ2n) is 1.49. The summed E-state index contributed by atoms with van der Waals surface area (Å²) in [5, 5.41) is 16.4. The van der Waals surface area contributed by atoms with E-state index in [-0.39, 0.29) is 0 Å². The van der Waals surface area contributed by atoms with Crippen LogP contribution in [0.15, 0.2) is 0 Å². The van der Waals surface area contributed by atoms with Gasteiger partial charge in [0.25, 0.3) is 5.84 Å². The van der Waals surface area contributed by atoms with E-state index in [1.165, 1.54) is 14.0 Å². The third-order valence-corrected chi connectivity index (χ3v) is 0.704. The van der Waals surface area contributed by atoms with Crippen LogP contribution in [0, 0.1) is 10.6 Å². The third-order valence-electron chi connectivity index (χ3n) is 0.704. The lowest BCUT2D eigenvalue weighted by Gasteiger charge is -2.12. The molecule has 0 bridgehead atoms. The summed E-state index contributed by atoms with van der Waals surface area (Å²) >= 11 is 0. The molecule has 0 fully saturated rings. The maximum atomic E-state index is 10.1. The van der Waals surface area contributed by atoms with Crippen LogP contribution in [0.2, 0.25) is 0 Å². The molecule has 0 aliphatic heterocycles. The summed E-state index contributed by atoms with van der Waals surface area (Å²) in [6.07, 6.45) is 0. The van der Waals surface area contributed by atoms with Gasteiger partial charge in [-0.2, -0.15) is 0 Å². The van der Waals surface area contributed by atoms with Crippen molar-refractivity contribution in [3.8, 4) is 0 Å². The molecule has 0 aromatic carbocycles. The number of rotatable bonds is 1. The van der Waals surface area contributed by atoms with Crippen LogP contribution in [-0.4, -0.2) is 18.7 Å². The van der Waals surface area contributed by atoms with Crippen molar-refractivity contribution < 1.29 is 9.86 Å². The fourth-order valence-electron chi connectivity index (χ4n) is 0.248. The number of hydrogen-bond acceptors (Lipinski definition) is 3. The predicted molar refractivity (Wildman–Crippen MR) is 28.7 cm³/mol. The number of carbonyl (C=O) groups excluding carboxylic acids is 1. The highest BCUT2D eigenvalue weighted by Gasteiger charge is 2.05. The van der Waals surface area contributed by atoms with Gasteiger partial charge in [0.1, 0.15) is 0 Å². The highest BCUT2D eigenvalue weighted by atomic mass is 16.5. The Labute approximate surface area is 47.2 Å². The normalized spacial score (nSPS) is 12.9. The highest BCUT2D eigenvalue weighted by Crippen LogP contribution is 1.60. The molecule has 8 heavy (non-hydrogen) atoms. The molecule has 1 unspecified atom stereocenters. The van der Waals surface area contributed by atoms with Gasteiger partial charge in [-0.05, 0) is 0 Å². The molecule has 0 aliphatic carbocycles. The first-order valence-electron chi connectivity index (χ1n) is 2.16. The Bertz CT molecular complexity index is 119. The van der Waals surface area contributed by atoms with E-state index in [0.29, 0.717) is 0 Å². The molecule has 4 nitrogen and oxygen atoms in total. The first-order valence-corrected chi connectivity index (χ1v) is 2.16. The van der Waals surface area contributed by atoms with Crippen LogP contribution in [0.1, 0.15) is 6.92 Å². The second-order valence-corrected chi connectivity index (χ2v) is 1.49. The SMILES string of the molecule is CC(=O)C(=N)[NH+](C)[O-]. The number of likely N-dealkylation sites (N-methyl/N-ethyl adjacent to an activating group) is 1. The molecule has 1 atom stereocenters. The van der Waals surface area contributed by atoms with E-state index in [4.69, 9.17) is 5.41 Å². The molecule has 46 valence electrons. The molecular weight excluding hydrogens is 108 g/mol. The number of hydroxylamine groups is 2. The summed E-state index contributed by atoms with van der Waals surface area (Å²) in [4.78, 5) is 10.1. The van der Waals surface area contributed by atoms with E-state index in [1.807, 2.05) is 0 Å². The summed E-state index contributed by atoms with van der Waals surface area (Å²) in [5.41, 5.74) is 0. The first-order chi connectivity index (χ1) is 3.55. The average molecular weight is 116 g/mol. The van der Waals surface area contributed by atoms with Gasteiger partial charge < -0.3 is 10.3 Å². The molecule has 4 heteroatoms. The summed E-state index contributed by atoms with van der Waals surface area (Å²) in [7, 11) is 1.20. The summed E-state index contributed by atoms with van der Waals surface area (Å²) in [6, 6.07) is 0. The molecule has 0 radical (unpaired) electrons. The molecule has 0 saturated carbocycles. The van der Waals surface area contributed by atoms with E-state index < -0.39 is 16.7 Å². The number of amidine groups is 1. The molecule has 2 N–H and O–H groups in total. The summed E-state index contributed by atoms with van der Waals surface area (Å²) in [5.74, 6) is -0.900. The Morgan fingerprint density at radius 3 is 2.12 bits per heavy atom. The molecule has 0 aliphatic rings. The van der Waals surface area contributed by atoms with Crippen LogP contribution in [0.5, 0.6) is 0 Å². The van der Waals surface area contributed by atoms with Gasteiger partial charge in [-0.25, -0.2) is 5.41 Å². The van der Waals surface area contributed by atoms with Crippen molar-refractivity contribution in [2.45, 2.75) is 6.92 Å². The second kappa shape index (κ2) is 2.54. The monoisotopic (exact) mass is 116 g/mol. The quantitative estimate of drug-likeness (QED) is 0.250. The van der Waals surface area contributed by atoms with Gasteiger partial charge in [0.05, 0.1) is 7.05 Å². The number of carbonyl (C=O) groups is 1. The van der Waals surface area contributed by atoms with Gasteiger partial charge in [0.15, 0.2) is 0 Å². The van der Waals surface area contributed by atoms with Crippen LogP contribution < -0.4 is 5.06 Å². The summed E-state index contributed by atoms with van der Waals surface area (Å²) < 4.78 is 0. The Balaban J connectivity index is 3.84. The fourth-order valence-corrected chi connectivity index (χ4v) is 0.248. The Hall–Kier alpha value is -0.740. The van der Waals surface area contributed by atoms with Gasteiger partial charge in [0, 0.05) is 6.92 Å². The lowest BCUT2D eigenvalue weighted by atomic mass is 10.4. The van der Waals surface area contributed by atoms with E-state index >= 15 is 0 Å². The van der Waals surface area contributed by atoms with Crippen LogP contribution in [-0.2, 0) is 4.79 Å². The third kappa shape index (κ3) is 1.81. The number of quaternary nitrogens is 1. The van der Waals surface area contributed by atoms with E-state index in [9.17, 15) is 10.0 Å². The maximum Gasteiger partial charge on any atom is 0.262 e. The van der Waals surface area contributed by atoms with Crippen LogP contribution in [0.25, 0.3) is 0 Å². The van der Waals surface area contributed by atoms with E-state index in [2.05, 4.69) is 0 Å². The van der Waals surface area contributed by atoms with Crippen molar-refractivity contribution in [1.82, 2.24) is 0 Å². The number of hydrogen-bond donors (Lipinski definition) is 2. The minimum atomic E-state index is -0.475. The summed E-state index contributed by atoms with van der Waals surface area (Å²) in [6.45, 7) is 1.20. The van der Waals surface area contributed by atoms with Crippen LogP contribution in [0.4, 0.5) is 0 Å². The van der Waals surface area contributed by atoms with Gasteiger partial charge in [-0.1, -0.05) is 0 Å².